The number of fused-ring (bicyclic) bond motifs is 1. The maximum absolute atomic E-state index is 13.6. The standard InChI is InChI=1S/C21H18BrF6NO/c1-11-7-12(2)9-13(8-11)3-6-16-18(15-5-4-14(22)10-17(15)29-16)19(30,20(23,24)25)21(26,27)28/h4-5,7-10,29-30H,3,6H2,1-2H3. The molecule has 2 nitrogen and oxygen atoms in total. The van der Waals surface area contributed by atoms with Crippen molar-refractivity contribution < 1.29 is 31.4 Å². The zero-order valence-corrected chi connectivity index (χ0v) is 17.6. The molecule has 3 aromatic rings. The average Bonchev–Trinajstić information content (AvgIpc) is 2.94. The Kier molecular flexibility index (Phi) is 5.75. The summed E-state index contributed by atoms with van der Waals surface area (Å²) in [6.45, 7) is 3.71. The molecule has 0 atom stereocenters. The lowest BCUT2D eigenvalue weighted by atomic mass is 9.88. The Balaban J connectivity index is 2.19. The second kappa shape index (κ2) is 7.60. The molecule has 9 heteroatoms. The number of aromatic amines is 1. The number of hydrogen-bond donors (Lipinski definition) is 2. The summed E-state index contributed by atoms with van der Waals surface area (Å²) in [6, 6.07) is 9.42. The molecule has 162 valence electrons. The van der Waals surface area contributed by atoms with E-state index in [0.29, 0.717) is 4.47 Å². The van der Waals surface area contributed by atoms with Crippen LogP contribution >= 0.6 is 15.9 Å². The van der Waals surface area contributed by atoms with Gasteiger partial charge in [0.2, 0.25) is 0 Å². The number of hydrogen-bond acceptors (Lipinski definition) is 1. The minimum atomic E-state index is -5.96. The van der Waals surface area contributed by atoms with Crippen LogP contribution in [0.1, 0.15) is 27.9 Å². The van der Waals surface area contributed by atoms with Gasteiger partial charge in [-0.1, -0.05) is 51.3 Å². The second-order valence-corrected chi connectivity index (χ2v) is 8.29. The van der Waals surface area contributed by atoms with E-state index in [2.05, 4.69) is 20.9 Å². The molecule has 0 amide bonds. The van der Waals surface area contributed by atoms with Gasteiger partial charge in [0.05, 0.1) is 0 Å². The topological polar surface area (TPSA) is 36.0 Å². The Morgan fingerprint density at radius 1 is 0.867 bits per heavy atom. The molecule has 0 saturated heterocycles. The number of rotatable bonds is 4. The summed E-state index contributed by atoms with van der Waals surface area (Å²) in [5, 5.41) is 9.77. The highest BCUT2D eigenvalue weighted by Gasteiger charge is 2.72. The van der Waals surface area contributed by atoms with Gasteiger partial charge in [-0.2, -0.15) is 26.3 Å². The lowest BCUT2D eigenvalue weighted by Gasteiger charge is -2.33. The Labute approximate surface area is 177 Å². The maximum atomic E-state index is 13.6. The summed E-state index contributed by atoms with van der Waals surface area (Å²) in [4.78, 5) is 2.66. The number of alkyl halides is 6. The number of aromatic nitrogens is 1. The van der Waals surface area contributed by atoms with Crippen molar-refractivity contribution in [1.29, 1.82) is 0 Å². The van der Waals surface area contributed by atoms with Crippen LogP contribution < -0.4 is 0 Å². The minimum Gasteiger partial charge on any atom is -0.369 e. The van der Waals surface area contributed by atoms with E-state index in [4.69, 9.17) is 0 Å². The Morgan fingerprint density at radius 3 is 1.97 bits per heavy atom. The summed E-state index contributed by atoms with van der Waals surface area (Å²) in [7, 11) is 0. The van der Waals surface area contributed by atoms with Crippen molar-refractivity contribution in [3.05, 3.63) is 68.8 Å². The Morgan fingerprint density at radius 2 is 1.43 bits per heavy atom. The summed E-state index contributed by atoms with van der Waals surface area (Å²) in [5.74, 6) is 0. The van der Waals surface area contributed by atoms with Crippen molar-refractivity contribution in [2.24, 2.45) is 0 Å². The largest absolute Gasteiger partial charge is 0.430 e. The SMILES string of the molecule is Cc1cc(C)cc(CCc2[nH]c3cc(Br)ccc3c2C(O)(C(F)(F)F)C(F)(F)F)c1. The number of aliphatic hydroxyl groups is 1. The maximum Gasteiger partial charge on any atom is 0.430 e. The van der Waals surface area contributed by atoms with Gasteiger partial charge in [0.15, 0.2) is 0 Å². The van der Waals surface area contributed by atoms with Crippen LogP contribution in [-0.2, 0) is 18.4 Å². The lowest BCUT2D eigenvalue weighted by Crippen LogP contribution is -2.54. The van der Waals surface area contributed by atoms with Gasteiger partial charge in [-0.3, -0.25) is 0 Å². The van der Waals surface area contributed by atoms with E-state index in [9.17, 15) is 31.4 Å². The monoisotopic (exact) mass is 493 g/mol. The summed E-state index contributed by atoms with van der Waals surface area (Å²) < 4.78 is 82.2. The third kappa shape index (κ3) is 3.97. The number of aryl methyl sites for hydroxylation is 4. The average molecular weight is 494 g/mol. The second-order valence-electron chi connectivity index (χ2n) is 7.37. The fraction of sp³-hybridized carbons (Fsp3) is 0.333. The fourth-order valence-electron chi connectivity index (χ4n) is 3.75. The van der Waals surface area contributed by atoms with Crippen molar-refractivity contribution in [2.45, 2.75) is 44.6 Å². The number of H-pyrrole nitrogens is 1. The first-order chi connectivity index (χ1) is 13.7. The van der Waals surface area contributed by atoms with Gasteiger partial charge in [-0.05, 0) is 44.4 Å². The summed E-state index contributed by atoms with van der Waals surface area (Å²) >= 11 is 3.16. The van der Waals surface area contributed by atoms with Crippen molar-refractivity contribution in [2.75, 3.05) is 0 Å². The van der Waals surface area contributed by atoms with Crippen LogP contribution in [0.2, 0.25) is 0 Å². The van der Waals surface area contributed by atoms with E-state index < -0.39 is 23.5 Å². The van der Waals surface area contributed by atoms with E-state index in [-0.39, 0.29) is 29.4 Å². The zero-order valence-electron chi connectivity index (χ0n) is 16.0. The highest BCUT2D eigenvalue weighted by atomic mass is 79.9. The zero-order chi connectivity index (χ0) is 22.5. The molecular formula is C21H18BrF6NO. The smallest absolute Gasteiger partial charge is 0.369 e. The molecule has 0 aliphatic carbocycles. The molecule has 2 N–H and O–H groups in total. The van der Waals surface area contributed by atoms with Gasteiger partial charge >= 0.3 is 12.4 Å². The highest BCUT2D eigenvalue weighted by Crippen LogP contribution is 2.53. The predicted octanol–water partition coefficient (Wildman–Crippen LogP) is 6.64. The highest BCUT2D eigenvalue weighted by molar-refractivity contribution is 9.10. The molecule has 0 bridgehead atoms. The lowest BCUT2D eigenvalue weighted by molar-refractivity contribution is -0.375. The van der Waals surface area contributed by atoms with Crippen molar-refractivity contribution >= 4 is 26.8 Å². The third-order valence-electron chi connectivity index (χ3n) is 4.97. The summed E-state index contributed by atoms with van der Waals surface area (Å²) in [5.41, 5.74) is -3.78. The van der Waals surface area contributed by atoms with Crippen LogP contribution in [0, 0.1) is 13.8 Å². The molecule has 0 spiro atoms. The van der Waals surface area contributed by atoms with E-state index in [1.807, 2.05) is 32.0 Å². The number of benzene rings is 2. The number of halogens is 7. The van der Waals surface area contributed by atoms with Crippen molar-refractivity contribution in [1.82, 2.24) is 4.98 Å². The quantitative estimate of drug-likeness (QED) is 0.392. The van der Waals surface area contributed by atoms with Crippen LogP contribution in [-0.4, -0.2) is 22.4 Å². The van der Waals surface area contributed by atoms with Crippen LogP contribution in [0.3, 0.4) is 0 Å². The molecule has 1 aromatic heterocycles. The molecule has 0 radical (unpaired) electrons. The third-order valence-corrected chi connectivity index (χ3v) is 5.46. The van der Waals surface area contributed by atoms with Gasteiger partial charge in [0, 0.05) is 26.6 Å². The van der Waals surface area contributed by atoms with E-state index in [0.717, 1.165) is 22.8 Å². The van der Waals surface area contributed by atoms with E-state index >= 15 is 0 Å². The Hall–Kier alpha value is -2.00. The molecule has 2 aromatic carbocycles. The molecule has 0 aliphatic rings. The van der Waals surface area contributed by atoms with Crippen molar-refractivity contribution in [3.63, 3.8) is 0 Å². The predicted molar refractivity (Wildman–Crippen MR) is 105 cm³/mol. The van der Waals surface area contributed by atoms with Crippen LogP contribution in [0.5, 0.6) is 0 Å². The van der Waals surface area contributed by atoms with Gasteiger partial charge < -0.3 is 10.1 Å². The van der Waals surface area contributed by atoms with Gasteiger partial charge in [-0.15, -0.1) is 0 Å². The van der Waals surface area contributed by atoms with E-state index in [1.54, 1.807) is 0 Å². The molecule has 3 rings (SSSR count). The Bertz CT molecular complexity index is 1050. The molecule has 0 unspecified atom stereocenters. The first-order valence-electron chi connectivity index (χ1n) is 8.97. The first-order valence-corrected chi connectivity index (χ1v) is 9.77. The molecular weight excluding hydrogens is 476 g/mol. The molecule has 0 fully saturated rings. The molecule has 0 saturated carbocycles. The van der Waals surface area contributed by atoms with Crippen molar-refractivity contribution in [3.8, 4) is 0 Å². The van der Waals surface area contributed by atoms with Crippen LogP contribution in [0.15, 0.2) is 40.9 Å². The molecule has 0 aliphatic heterocycles. The minimum absolute atomic E-state index is 0.0710. The van der Waals surface area contributed by atoms with Gasteiger partial charge in [-0.25, -0.2) is 0 Å². The van der Waals surface area contributed by atoms with E-state index in [1.165, 1.54) is 12.1 Å². The van der Waals surface area contributed by atoms with Crippen LogP contribution in [0.25, 0.3) is 10.9 Å². The fourth-order valence-corrected chi connectivity index (χ4v) is 4.11. The summed E-state index contributed by atoms with van der Waals surface area (Å²) in [6.07, 6.45) is -11.8. The number of nitrogens with one attached hydrogen (secondary N) is 1. The first kappa shape index (κ1) is 22.7. The van der Waals surface area contributed by atoms with Gasteiger partial charge in [0.25, 0.3) is 5.60 Å². The normalized spacial score (nSPS) is 13.3. The van der Waals surface area contributed by atoms with Crippen LogP contribution in [0.4, 0.5) is 26.3 Å². The molecule has 1 heterocycles. The molecule has 30 heavy (non-hydrogen) atoms. The van der Waals surface area contributed by atoms with Gasteiger partial charge in [0.1, 0.15) is 0 Å².